The number of rotatable bonds is 5. The molecule has 2 aliphatic rings. The first-order chi connectivity index (χ1) is 12.1. The maximum absolute atomic E-state index is 5.00. The van der Waals surface area contributed by atoms with E-state index in [0.29, 0.717) is 5.92 Å². The van der Waals surface area contributed by atoms with Crippen LogP contribution in [0.3, 0.4) is 0 Å². The van der Waals surface area contributed by atoms with E-state index in [1.54, 1.807) is 0 Å². The summed E-state index contributed by atoms with van der Waals surface area (Å²) in [6.07, 6.45) is 4.82. The molecule has 2 unspecified atom stereocenters. The van der Waals surface area contributed by atoms with Crippen LogP contribution in [0.2, 0.25) is 0 Å². The molecule has 6 nitrogen and oxygen atoms in total. The maximum atomic E-state index is 5.00. The van der Waals surface area contributed by atoms with E-state index in [2.05, 4.69) is 45.8 Å². The minimum Gasteiger partial charge on any atom is -0.357 e. The Hall–Kier alpha value is -1.59. The van der Waals surface area contributed by atoms with Gasteiger partial charge in [-0.15, -0.1) is 10.2 Å². The summed E-state index contributed by atoms with van der Waals surface area (Å²) in [4.78, 5) is 7.46. The Morgan fingerprint density at radius 3 is 2.84 bits per heavy atom. The Bertz CT molecular complexity index is 591. The third-order valence-electron chi connectivity index (χ3n) is 5.45. The van der Waals surface area contributed by atoms with Crippen molar-refractivity contribution in [3.05, 3.63) is 11.6 Å². The van der Waals surface area contributed by atoms with E-state index in [4.69, 9.17) is 4.99 Å². The summed E-state index contributed by atoms with van der Waals surface area (Å²) in [5, 5.41) is 12.0. The third kappa shape index (κ3) is 4.53. The molecule has 0 amide bonds. The lowest BCUT2D eigenvalue weighted by Gasteiger charge is -2.25. The second-order valence-corrected chi connectivity index (χ2v) is 8.10. The lowest BCUT2D eigenvalue weighted by Crippen LogP contribution is -2.40. The number of hydrogen-bond acceptors (Lipinski definition) is 3. The van der Waals surface area contributed by atoms with Crippen LogP contribution in [-0.2, 0) is 13.0 Å². The van der Waals surface area contributed by atoms with Gasteiger partial charge in [0.2, 0.25) is 0 Å². The lowest BCUT2D eigenvalue weighted by molar-refractivity contribution is 0.365. The number of guanidine groups is 1. The minimum absolute atomic E-state index is 0.588. The summed E-state index contributed by atoms with van der Waals surface area (Å²) in [6.45, 7) is 14.0. The highest BCUT2D eigenvalue weighted by Gasteiger charge is 2.26. The molecular formula is C19H34N6. The van der Waals surface area contributed by atoms with E-state index >= 15 is 0 Å². The molecule has 3 rings (SSSR count). The molecule has 3 heterocycles. The number of aryl methyl sites for hydroxylation is 2. The first-order valence-electron chi connectivity index (χ1n) is 9.98. The molecule has 1 aromatic heterocycles. The first kappa shape index (κ1) is 18.2. The van der Waals surface area contributed by atoms with Gasteiger partial charge in [-0.25, -0.2) is 0 Å². The smallest absolute Gasteiger partial charge is 0.193 e. The van der Waals surface area contributed by atoms with Gasteiger partial charge in [0, 0.05) is 39.1 Å². The molecule has 1 saturated heterocycles. The SMILES string of the molecule is CCNC(=NCC1CCc2nnc(C)n2C1)N1CCC(CC(C)C)C1. The second kappa shape index (κ2) is 8.19. The molecule has 1 fully saturated rings. The van der Waals surface area contributed by atoms with Crippen LogP contribution in [0.4, 0.5) is 0 Å². The van der Waals surface area contributed by atoms with Crippen molar-refractivity contribution in [2.24, 2.45) is 22.7 Å². The lowest BCUT2D eigenvalue weighted by atomic mass is 9.97. The van der Waals surface area contributed by atoms with E-state index in [-0.39, 0.29) is 0 Å². The van der Waals surface area contributed by atoms with Gasteiger partial charge in [-0.3, -0.25) is 4.99 Å². The number of aliphatic imine (C=N–C) groups is 1. The molecule has 0 spiro atoms. The van der Waals surface area contributed by atoms with Crippen LogP contribution in [0.5, 0.6) is 0 Å². The number of nitrogens with zero attached hydrogens (tertiary/aromatic N) is 5. The Morgan fingerprint density at radius 2 is 2.08 bits per heavy atom. The Morgan fingerprint density at radius 1 is 1.24 bits per heavy atom. The predicted octanol–water partition coefficient (Wildman–Crippen LogP) is 2.48. The van der Waals surface area contributed by atoms with E-state index in [9.17, 15) is 0 Å². The Balaban J connectivity index is 1.59. The van der Waals surface area contributed by atoms with Crippen LogP contribution in [0.1, 0.15) is 51.7 Å². The van der Waals surface area contributed by atoms with Gasteiger partial charge in [-0.1, -0.05) is 13.8 Å². The maximum Gasteiger partial charge on any atom is 0.193 e. The van der Waals surface area contributed by atoms with E-state index in [1.807, 2.05) is 6.92 Å². The van der Waals surface area contributed by atoms with Gasteiger partial charge < -0.3 is 14.8 Å². The van der Waals surface area contributed by atoms with Gasteiger partial charge >= 0.3 is 0 Å². The van der Waals surface area contributed by atoms with Crippen molar-refractivity contribution in [2.45, 2.75) is 59.9 Å². The molecule has 140 valence electrons. The quantitative estimate of drug-likeness (QED) is 0.657. The second-order valence-electron chi connectivity index (χ2n) is 8.10. The fraction of sp³-hybridized carbons (Fsp3) is 0.842. The summed E-state index contributed by atoms with van der Waals surface area (Å²) in [5.74, 6) is 5.48. The largest absolute Gasteiger partial charge is 0.357 e. The zero-order valence-electron chi connectivity index (χ0n) is 16.3. The van der Waals surface area contributed by atoms with E-state index in [1.165, 1.54) is 12.8 Å². The summed E-state index contributed by atoms with van der Waals surface area (Å²) >= 11 is 0. The molecule has 2 aliphatic heterocycles. The van der Waals surface area contributed by atoms with Gasteiger partial charge in [0.15, 0.2) is 5.96 Å². The van der Waals surface area contributed by atoms with Crippen molar-refractivity contribution >= 4 is 5.96 Å². The molecule has 6 heteroatoms. The molecule has 2 atom stereocenters. The third-order valence-corrected chi connectivity index (χ3v) is 5.45. The average Bonchev–Trinajstić information content (AvgIpc) is 3.18. The number of nitrogens with one attached hydrogen (secondary N) is 1. The minimum atomic E-state index is 0.588. The molecule has 1 N–H and O–H groups in total. The zero-order chi connectivity index (χ0) is 17.8. The predicted molar refractivity (Wildman–Crippen MR) is 102 cm³/mol. The van der Waals surface area contributed by atoms with Crippen LogP contribution in [0.15, 0.2) is 4.99 Å². The number of hydrogen-bond donors (Lipinski definition) is 1. The van der Waals surface area contributed by atoms with Crippen LogP contribution in [0.25, 0.3) is 0 Å². The van der Waals surface area contributed by atoms with Gasteiger partial charge in [-0.05, 0) is 50.9 Å². The summed E-state index contributed by atoms with van der Waals surface area (Å²) in [5.41, 5.74) is 0. The Kier molecular flexibility index (Phi) is 5.97. The van der Waals surface area contributed by atoms with Gasteiger partial charge in [0.1, 0.15) is 11.6 Å². The van der Waals surface area contributed by atoms with Gasteiger partial charge in [0.25, 0.3) is 0 Å². The molecule has 1 aromatic rings. The summed E-state index contributed by atoms with van der Waals surface area (Å²) in [6, 6.07) is 0. The topological polar surface area (TPSA) is 58.3 Å². The normalized spacial score (nSPS) is 24.0. The molecular weight excluding hydrogens is 312 g/mol. The van der Waals surface area contributed by atoms with Crippen molar-refractivity contribution in [1.82, 2.24) is 25.0 Å². The summed E-state index contributed by atoms with van der Waals surface area (Å²) in [7, 11) is 0. The van der Waals surface area contributed by atoms with Crippen molar-refractivity contribution in [3.8, 4) is 0 Å². The fourth-order valence-corrected chi connectivity index (χ4v) is 4.20. The van der Waals surface area contributed by atoms with Crippen molar-refractivity contribution < 1.29 is 0 Å². The van der Waals surface area contributed by atoms with Gasteiger partial charge in [0.05, 0.1) is 0 Å². The van der Waals surface area contributed by atoms with E-state index in [0.717, 1.165) is 75.0 Å². The highest BCUT2D eigenvalue weighted by Crippen LogP contribution is 2.24. The molecule has 0 saturated carbocycles. The van der Waals surface area contributed by atoms with E-state index < -0.39 is 0 Å². The highest BCUT2D eigenvalue weighted by molar-refractivity contribution is 5.80. The molecule has 0 radical (unpaired) electrons. The fourth-order valence-electron chi connectivity index (χ4n) is 4.20. The number of aromatic nitrogens is 3. The highest BCUT2D eigenvalue weighted by atomic mass is 15.3. The zero-order valence-corrected chi connectivity index (χ0v) is 16.3. The molecule has 0 aromatic carbocycles. The number of likely N-dealkylation sites (tertiary alicyclic amines) is 1. The average molecular weight is 347 g/mol. The number of fused-ring (bicyclic) bond motifs is 1. The van der Waals surface area contributed by atoms with Crippen LogP contribution in [0, 0.1) is 24.7 Å². The van der Waals surface area contributed by atoms with Crippen molar-refractivity contribution in [1.29, 1.82) is 0 Å². The molecule has 25 heavy (non-hydrogen) atoms. The van der Waals surface area contributed by atoms with Gasteiger partial charge in [-0.2, -0.15) is 0 Å². The standard InChI is InChI=1S/C19H34N6/c1-5-20-19(24-9-8-16(12-24)10-14(2)3)21-11-17-6-7-18-23-22-15(4)25(18)13-17/h14,16-17H,5-13H2,1-4H3,(H,20,21). The van der Waals surface area contributed by atoms with Crippen molar-refractivity contribution in [3.63, 3.8) is 0 Å². The first-order valence-corrected chi connectivity index (χ1v) is 9.98. The van der Waals surface area contributed by atoms with Crippen molar-refractivity contribution in [2.75, 3.05) is 26.2 Å². The van der Waals surface area contributed by atoms with Crippen LogP contribution >= 0.6 is 0 Å². The Labute approximate surface area is 152 Å². The summed E-state index contributed by atoms with van der Waals surface area (Å²) < 4.78 is 2.27. The van der Waals surface area contributed by atoms with Crippen LogP contribution < -0.4 is 5.32 Å². The van der Waals surface area contributed by atoms with Crippen LogP contribution in [-0.4, -0.2) is 51.8 Å². The molecule has 0 aliphatic carbocycles. The monoisotopic (exact) mass is 346 g/mol. The molecule has 0 bridgehead atoms.